The fraction of sp³-hybridized carbons (Fsp3) is 0.300. The highest BCUT2D eigenvalue weighted by atomic mass is 16.5. The Kier molecular flexibility index (Phi) is 3.59. The van der Waals surface area contributed by atoms with Crippen molar-refractivity contribution in [3.8, 4) is 5.75 Å². The first-order valence-electron chi connectivity index (χ1n) is 7.61. The van der Waals surface area contributed by atoms with Crippen LogP contribution in [0.1, 0.15) is 39.2 Å². The van der Waals surface area contributed by atoms with Gasteiger partial charge < -0.3 is 4.74 Å². The Balaban J connectivity index is 1.90. The summed E-state index contributed by atoms with van der Waals surface area (Å²) < 4.78 is 6.29. The number of rotatable bonds is 3. The molecular formula is C20H22O. The molecule has 1 aliphatic heterocycles. The van der Waals surface area contributed by atoms with Crippen LogP contribution in [0.15, 0.2) is 54.1 Å². The van der Waals surface area contributed by atoms with Gasteiger partial charge in [-0.25, -0.2) is 0 Å². The van der Waals surface area contributed by atoms with Gasteiger partial charge in [0, 0.05) is 5.56 Å². The summed E-state index contributed by atoms with van der Waals surface area (Å²) in [5.41, 5.74) is 2.36. The Bertz CT molecular complexity index is 720. The summed E-state index contributed by atoms with van der Waals surface area (Å²) in [6.45, 7) is 6.45. The smallest absolute Gasteiger partial charge is 0.128 e. The molecule has 0 aromatic heterocycles. The van der Waals surface area contributed by atoms with Crippen molar-refractivity contribution >= 4 is 16.8 Å². The van der Waals surface area contributed by atoms with E-state index in [0.29, 0.717) is 0 Å². The molecule has 0 N–H and O–H groups in total. The molecule has 0 saturated carbocycles. The average Bonchev–Trinajstić information content (AvgIpc) is 2.46. The number of fused-ring (bicyclic) bond motifs is 3. The molecule has 1 nitrogen and oxygen atoms in total. The molecule has 0 bridgehead atoms. The molecule has 2 aromatic carbocycles. The summed E-state index contributed by atoms with van der Waals surface area (Å²) >= 11 is 0. The van der Waals surface area contributed by atoms with Crippen molar-refractivity contribution in [3.05, 3.63) is 59.7 Å². The molecule has 2 aromatic rings. The maximum Gasteiger partial charge on any atom is 0.128 e. The number of ether oxygens (including phenoxy) is 1. The summed E-state index contributed by atoms with van der Waals surface area (Å²) in [4.78, 5) is 0. The van der Waals surface area contributed by atoms with Crippen molar-refractivity contribution < 1.29 is 4.74 Å². The predicted octanol–water partition coefficient (Wildman–Crippen LogP) is 5.75. The highest BCUT2D eigenvalue weighted by Crippen LogP contribution is 2.37. The fourth-order valence-electron chi connectivity index (χ4n) is 2.86. The maximum absolute atomic E-state index is 6.29. The van der Waals surface area contributed by atoms with Gasteiger partial charge in [0.05, 0.1) is 0 Å². The van der Waals surface area contributed by atoms with E-state index in [4.69, 9.17) is 4.74 Å². The summed E-state index contributed by atoms with van der Waals surface area (Å²) in [6, 6.07) is 12.7. The van der Waals surface area contributed by atoms with E-state index >= 15 is 0 Å². The second kappa shape index (κ2) is 5.40. The summed E-state index contributed by atoms with van der Waals surface area (Å²) in [5, 5.41) is 2.52. The van der Waals surface area contributed by atoms with Gasteiger partial charge in [0.15, 0.2) is 0 Å². The van der Waals surface area contributed by atoms with E-state index in [-0.39, 0.29) is 5.60 Å². The minimum absolute atomic E-state index is 0.207. The quantitative estimate of drug-likeness (QED) is 0.649. The minimum atomic E-state index is -0.207. The van der Waals surface area contributed by atoms with E-state index in [2.05, 4.69) is 75.4 Å². The lowest BCUT2D eigenvalue weighted by Crippen LogP contribution is -2.31. The van der Waals surface area contributed by atoms with E-state index in [1.54, 1.807) is 0 Å². The molecule has 0 aliphatic carbocycles. The minimum Gasteiger partial charge on any atom is -0.483 e. The van der Waals surface area contributed by atoms with Gasteiger partial charge in [0.25, 0.3) is 0 Å². The molecule has 1 atom stereocenters. The number of hydrogen-bond acceptors (Lipinski definition) is 1. The molecule has 1 heteroatoms. The van der Waals surface area contributed by atoms with Crippen LogP contribution in [-0.2, 0) is 0 Å². The van der Waals surface area contributed by atoms with E-state index in [0.717, 1.165) is 18.6 Å². The summed E-state index contributed by atoms with van der Waals surface area (Å²) in [6.07, 6.45) is 8.76. The van der Waals surface area contributed by atoms with E-state index < -0.39 is 0 Å². The van der Waals surface area contributed by atoms with Gasteiger partial charge in [0.2, 0.25) is 0 Å². The SMILES string of the molecule is CC(C)=CCC[C@@]1(C)C=Cc2c(ccc3ccccc23)O1. The van der Waals surface area contributed by atoms with Crippen LogP contribution >= 0.6 is 0 Å². The zero-order chi connectivity index (χ0) is 14.9. The monoisotopic (exact) mass is 278 g/mol. The first kappa shape index (κ1) is 13.9. The zero-order valence-electron chi connectivity index (χ0n) is 13.0. The highest BCUT2D eigenvalue weighted by molar-refractivity contribution is 5.93. The Morgan fingerprint density at radius 3 is 2.76 bits per heavy atom. The topological polar surface area (TPSA) is 9.23 Å². The molecule has 1 aliphatic rings. The standard InChI is InChI=1S/C20H22O/c1-15(2)7-6-13-20(3)14-12-18-17-9-5-4-8-16(17)10-11-19(18)21-20/h4-5,7-12,14H,6,13H2,1-3H3/t20-/m0/s1. The van der Waals surface area contributed by atoms with Gasteiger partial charge in [-0.3, -0.25) is 0 Å². The van der Waals surface area contributed by atoms with Gasteiger partial charge in [-0.1, -0.05) is 48.1 Å². The largest absolute Gasteiger partial charge is 0.483 e. The van der Waals surface area contributed by atoms with Crippen LogP contribution in [0.25, 0.3) is 16.8 Å². The van der Waals surface area contributed by atoms with Crippen LogP contribution in [-0.4, -0.2) is 5.60 Å². The molecular weight excluding hydrogens is 256 g/mol. The first-order valence-corrected chi connectivity index (χ1v) is 7.61. The van der Waals surface area contributed by atoms with E-state index in [9.17, 15) is 0 Å². The maximum atomic E-state index is 6.29. The molecule has 0 saturated heterocycles. The van der Waals surface area contributed by atoms with Crippen LogP contribution in [0.5, 0.6) is 5.75 Å². The second-order valence-electron chi connectivity index (χ2n) is 6.27. The van der Waals surface area contributed by atoms with Crippen molar-refractivity contribution in [1.29, 1.82) is 0 Å². The van der Waals surface area contributed by atoms with Crippen LogP contribution in [0.2, 0.25) is 0 Å². The van der Waals surface area contributed by atoms with Crippen LogP contribution in [0, 0.1) is 0 Å². The van der Waals surface area contributed by atoms with Crippen molar-refractivity contribution in [2.75, 3.05) is 0 Å². The molecule has 0 fully saturated rings. The van der Waals surface area contributed by atoms with Gasteiger partial charge in [0.1, 0.15) is 11.4 Å². The van der Waals surface area contributed by atoms with Gasteiger partial charge in [-0.15, -0.1) is 0 Å². The molecule has 1 heterocycles. The van der Waals surface area contributed by atoms with Crippen molar-refractivity contribution in [2.45, 2.75) is 39.2 Å². The van der Waals surface area contributed by atoms with Gasteiger partial charge >= 0.3 is 0 Å². The lowest BCUT2D eigenvalue weighted by atomic mass is 9.93. The van der Waals surface area contributed by atoms with Crippen LogP contribution in [0.4, 0.5) is 0 Å². The molecule has 108 valence electrons. The third-order valence-corrected chi connectivity index (χ3v) is 4.07. The van der Waals surface area contributed by atoms with Crippen molar-refractivity contribution in [2.24, 2.45) is 0 Å². The molecule has 0 spiro atoms. The Labute approximate surface area is 126 Å². The van der Waals surface area contributed by atoms with Crippen molar-refractivity contribution in [3.63, 3.8) is 0 Å². The molecule has 3 rings (SSSR count). The zero-order valence-corrected chi connectivity index (χ0v) is 13.0. The van der Waals surface area contributed by atoms with Gasteiger partial charge in [-0.2, -0.15) is 0 Å². The van der Waals surface area contributed by atoms with Gasteiger partial charge in [-0.05, 0) is 56.5 Å². The predicted molar refractivity (Wildman–Crippen MR) is 90.7 cm³/mol. The Morgan fingerprint density at radius 2 is 1.95 bits per heavy atom. The average molecular weight is 278 g/mol. The number of allylic oxidation sites excluding steroid dienone is 2. The fourth-order valence-corrected chi connectivity index (χ4v) is 2.86. The Hall–Kier alpha value is -2.02. The van der Waals surface area contributed by atoms with E-state index in [1.165, 1.54) is 21.9 Å². The normalized spacial score (nSPS) is 20.0. The number of benzene rings is 2. The van der Waals surface area contributed by atoms with Crippen LogP contribution in [0.3, 0.4) is 0 Å². The lowest BCUT2D eigenvalue weighted by Gasteiger charge is -2.32. The molecule has 21 heavy (non-hydrogen) atoms. The van der Waals surface area contributed by atoms with E-state index in [1.807, 2.05) is 0 Å². The molecule has 0 radical (unpaired) electrons. The third-order valence-electron chi connectivity index (χ3n) is 4.07. The second-order valence-corrected chi connectivity index (χ2v) is 6.27. The Morgan fingerprint density at radius 1 is 1.14 bits per heavy atom. The third kappa shape index (κ3) is 2.87. The first-order chi connectivity index (χ1) is 10.1. The lowest BCUT2D eigenvalue weighted by molar-refractivity contribution is 0.129. The van der Waals surface area contributed by atoms with Crippen LogP contribution < -0.4 is 4.74 Å². The number of hydrogen-bond donors (Lipinski definition) is 0. The molecule has 0 amide bonds. The summed E-state index contributed by atoms with van der Waals surface area (Å²) in [7, 11) is 0. The van der Waals surface area contributed by atoms with Crippen molar-refractivity contribution in [1.82, 2.24) is 0 Å². The molecule has 0 unspecified atom stereocenters. The summed E-state index contributed by atoms with van der Waals surface area (Å²) in [5.74, 6) is 0.996. The highest BCUT2D eigenvalue weighted by Gasteiger charge is 2.27.